The van der Waals surface area contributed by atoms with Crippen molar-refractivity contribution in [2.75, 3.05) is 0 Å². The first-order chi connectivity index (χ1) is 17.4. The zero-order valence-electron chi connectivity index (χ0n) is 20.5. The fourth-order valence-electron chi connectivity index (χ4n) is 5.99. The molecule has 3 aromatic rings. The van der Waals surface area contributed by atoms with Crippen molar-refractivity contribution < 1.29 is 14.7 Å². The summed E-state index contributed by atoms with van der Waals surface area (Å²) in [5, 5.41) is 17.9. The Kier molecular flexibility index (Phi) is 5.32. The maximum absolute atomic E-state index is 13.4. The van der Waals surface area contributed by atoms with E-state index in [9.17, 15) is 14.7 Å². The highest BCUT2D eigenvalue weighted by molar-refractivity contribution is 6.07. The average Bonchev–Trinajstić information content (AvgIpc) is 3.57. The Hall–Kier alpha value is -3.73. The van der Waals surface area contributed by atoms with Gasteiger partial charge in [-0.15, -0.1) is 5.92 Å². The minimum atomic E-state index is -0.708. The number of carbonyl (C=O) groups excluding carboxylic acids is 1. The summed E-state index contributed by atoms with van der Waals surface area (Å²) >= 11 is 0. The van der Waals surface area contributed by atoms with E-state index in [4.69, 9.17) is 0 Å². The van der Waals surface area contributed by atoms with Gasteiger partial charge in [0.2, 0.25) is 0 Å². The standard InChI is InChI=1S/C28H29N5O3/c1-3-4-17-7-8-22(26(34)32-21-11-28(12-21)9-19(10-28)27(35)36)24-23(17)15-31-33(24)16(2)20-13-29-25(30-14-20)18-5-6-18/h7-8,13-16,18-19,21H,5-6,9-12H2,1-2H3,(H,32,34)(H,35,36)/t16-,19?,21?,28?/m1/s1. The predicted molar refractivity (Wildman–Crippen MR) is 133 cm³/mol. The van der Waals surface area contributed by atoms with Crippen LogP contribution >= 0.6 is 0 Å². The second-order valence-corrected chi connectivity index (χ2v) is 10.7. The number of carboxylic acids is 1. The maximum atomic E-state index is 13.4. The number of rotatable bonds is 6. The van der Waals surface area contributed by atoms with Gasteiger partial charge in [-0.25, -0.2) is 9.97 Å². The van der Waals surface area contributed by atoms with E-state index in [2.05, 4.69) is 32.2 Å². The van der Waals surface area contributed by atoms with E-state index >= 15 is 0 Å². The van der Waals surface area contributed by atoms with Crippen LogP contribution in [0.25, 0.3) is 10.9 Å². The van der Waals surface area contributed by atoms with Crippen molar-refractivity contribution in [2.24, 2.45) is 11.3 Å². The lowest BCUT2D eigenvalue weighted by Crippen LogP contribution is -2.57. The van der Waals surface area contributed by atoms with Crippen LogP contribution in [0.5, 0.6) is 0 Å². The highest BCUT2D eigenvalue weighted by Gasteiger charge is 2.55. The van der Waals surface area contributed by atoms with Crippen LogP contribution in [0.3, 0.4) is 0 Å². The monoisotopic (exact) mass is 483 g/mol. The number of hydrogen-bond donors (Lipinski definition) is 2. The van der Waals surface area contributed by atoms with E-state index in [0.29, 0.717) is 11.5 Å². The quantitative estimate of drug-likeness (QED) is 0.512. The molecular weight excluding hydrogens is 454 g/mol. The first kappa shape index (κ1) is 22.7. The molecule has 2 N–H and O–H groups in total. The minimum Gasteiger partial charge on any atom is -0.481 e. The summed E-state index contributed by atoms with van der Waals surface area (Å²) in [4.78, 5) is 33.8. The molecule has 0 radical (unpaired) electrons. The summed E-state index contributed by atoms with van der Waals surface area (Å²) in [7, 11) is 0. The van der Waals surface area contributed by atoms with E-state index in [1.54, 1.807) is 13.1 Å². The largest absolute Gasteiger partial charge is 0.481 e. The van der Waals surface area contributed by atoms with Crippen molar-refractivity contribution >= 4 is 22.8 Å². The molecule has 3 fully saturated rings. The summed E-state index contributed by atoms with van der Waals surface area (Å²) in [6, 6.07) is 3.60. The molecule has 2 aromatic heterocycles. The molecule has 0 unspecified atom stereocenters. The third kappa shape index (κ3) is 3.83. The normalized spacial score (nSPS) is 25.4. The molecule has 1 aromatic carbocycles. The summed E-state index contributed by atoms with van der Waals surface area (Å²) in [6.45, 7) is 3.83. The van der Waals surface area contributed by atoms with Crippen LogP contribution in [0, 0.1) is 23.2 Å². The number of nitrogens with one attached hydrogen (secondary N) is 1. The van der Waals surface area contributed by atoms with Gasteiger partial charge in [-0.05, 0) is 69.9 Å². The molecule has 8 heteroatoms. The van der Waals surface area contributed by atoms with Gasteiger partial charge in [0.1, 0.15) is 5.82 Å². The summed E-state index contributed by atoms with van der Waals surface area (Å²) < 4.78 is 1.87. The Bertz CT molecular complexity index is 1410. The van der Waals surface area contributed by atoms with Crippen LogP contribution < -0.4 is 5.32 Å². The van der Waals surface area contributed by atoms with E-state index < -0.39 is 5.97 Å². The Morgan fingerprint density at radius 1 is 1.14 bits per heavy atom. The molecule has 3 saturated carbocycles. The van der Waals surface area contributed by atoms with Gasteiger partial charge in [-0.3, -0.25) is 14.3 Å². The van der Waals surface area contributed by atoms with Crippen LogP contribution in [-0.2, 0) is 4.79 Å². The average molecular weight is 484 g/mol. The summed E-state index contributed by atoms with van der Waals surface area (Å²) in [6.07, 6.45) is 10.9. The van der Waals surface area contributed by atoms with Crippen LogP contribution in [0.1, 0.15) is 91.6 Å². The zero-order valence-corrected chi connectivity index (χ0v) is 20.5. The second-order valence-electron chi connectivity index (χ2n) is 10.7. The molecule has 1 spiro atoms. The number of aliphatic carboxylic acids is 1. The fourth-order valence-corrected chi connectivity index (χ4v) is 5.99. The number of fused-ring (bicyclic) bond motifs is 1. The van der Waals surface area contributed by atoms with Crippen LogP contribution in [0.4, 0.5) is 0 Å². The molecule has 0 bridgehead atoms. The fraction of sp³-hybridized carbons (Fsp3) is 0.464. The van der Waals surface area contributed by atoms with Crippen LogP contribution in [0.2, 0.25) is 0 Å². The lowest BCUT2D eigenvalue weighted by atomic mass is 9.50. The molecule has 1 atom stereocenters. The smallest absolute Gasteiger partial charge is 0.306 e. The molecule has 0 aliphatic heterocycles. The topological polar surface area (TPSA) is 110 Å². The molecule has 36 heavy (non-hydrogen) atoms. The molecule has 0 saturated heterocycles. The maximum Gasteiger partial charge on any atom is 0.306 e. The van der Waals surface area contributed by atoms with Gasteiger partial charge in [-0.1, -0.05) is 5.92 Å². The Morgan fingerprint density at radius 2 is 1.86 bits per heavy atom. The molecule has 3 aliphatic rings. The summed E-state index contributed by atoms with van der Waals surface area (Å²) in [5.41, 5.74) is 3.17. The number of benzene rings is 1. The molecule has 8 nitrogen and oxygen atoms in total. The SMILES string of the molecule is CC#Cc1ccc(C(=O)NC2CC3(C2)CC(C(=O)O)C3)c2c1cnn2[C@H](C)c1cnc(C2CC2)nc1. The minimum absolute atomic E-state index is 0.0644. The molecule has 184 valence electrons. The van der Waals surface area contributed by atoms with E-state index in [-0.39, 0.29) is 29.3 Å². The van der Waals surface area contributed by atoms with Crippen LogP contribution in [-0.4, -0.2) is 42.8 Å². The van der Waals surface area contributed by atoms with Crippen molar-refractivity contribution in [1.82, 2.24) is 25.1 Å². The van der Waals surface area contributed by atoms with Crippen molar-refractivity contribution in [3.05, 3.63) is 53.2 Å². The number of carbonyl (C=O) groups is 2. The van der Waals surface area contributed by atoms with Gasteiger partial charge in [0.25, 0.3) is 5.91 Å². The van der Waals surface area contributed by atoms with Gasteiger partial charge in [0, 0.05) is 40.9 Å². The van der Waals surface area contributed by atoms with Crippen molar-refractivity contribution in [1.29, 1.82) is 0 Å². The number of amides is 1. The van der Waals surface area contributed by atoms with Crippen molar-refractivity contribution in [2.45, 2.75) is 70.4 Å². The van der Waals surface area contributed by atoms with E-state index in [1.165, 1.54) is 0 Å². The number of aromatic nitrogens is 4. The molecule has 6 rings (SSSR count). The zero-order chi connectivity index (χ0) is 25.0. The van der Waals surface area contributed by atoms with E-state index in [1.807, 2.05) is 36.1 Å². The van der Waals surface area contributed by atoms with Crippen molar-refractivity contribution in [3.63, 3.8) is 0 Å². The first-order valence-corrected chi connectivity index (χ1v) is 12.7. The molecule has 2 heterocycles. The first-order valence-electron chi connectivity index (χ1n) is 12.7. The highest BCUT2D eigenvalue weighted by atomic mass is 16.4. The van der Waals surface area contributed by atoms with E-state index in [0.717, 1.165) is 66.4 Å². The lowest BCUT2D eigenvalue weighted by Gasteiger charge is -2.56. The molecular formula is C28H29N5O3. The van der Waals surface area contributed by atoms with Gasteiger partial charge in [0.05, 0.1) is 29.2 Å². The van der Waals surface area contributed by atoms with Gasteiger partial charge in [-0.2, -0.15) is 5.10 Å². The van der Waals surface area contributed by atoms with Gasteiger partial charge in [0.15, 0.2) is 0 Å². The molecule has 3 aliphatic carbocycles. The third-order valence-electron chi connectivity index (χ3n) is 8.15. The Morgan fingerprint density at radius 3 is 2.50 bits per heavy atom. The third-order valence-corrected chi connectivity index (χ3v) is 8.15. The van der Waals surface area contributed by atoms with Crippen molar-refractivity contribution in [3.8, 4) is 11.8 Å². The molecule has 1 amide bonds. The Balaban J connectivity index is 1.27. The predicted octanol–water partition coefficient (Wildman–Crippen LogP) is 4.06. The highest BCUT2D eigenvalue weighted by Crippen LogP contribution is 2.58. The van der Waals surface area contributed by atoms with Crippen LogP contribution in [0.15, 0.2) is 30.7 Å². The summed E-state index contributed by atoms with van der Waals surface area (Å²) in [5.74, 6) is 6.40. The Labute approximate surface area is 209 Å². The second kappa shape index (κ2) is 8.44. The van der Waals surface area contributed by atoms with Gasteiger partial charge < -0.3 is 10.4 Å². The van der Waals surface area contributed by atoms with Gasteiger partial charge >= 0.3 is 5.97 Å². The lowest BCUT2D eigenvalue weighted by molar-refractivity contribution is -0.155. The number of hydrogen-bond acceptors (Lipinski definition) is 5. The number of nitrogens with zero attached hydrogens (tertiary/aromatic N) is 4. The number of carboxylic acid groups (broad SMARTS) is 1.